The number of hydrogen-bond acceptors (Lipinski definition) is 10. The second-order valence-corrected chi connectivity index (χ2v) is 20.7. The van der Waals surface area contributed by atoms with Crippen LogP contribution in [-0.4, -0.2) is 100 Å². The van der Waals surface area contributed by atoms with E-state index >= 15 is 0 Å². The maximum absolute atomic E-state index is 13.0. The van der Waals surface area contributed by atoms with Gasteiger partial charge in [0, 0.05) is 12.8 Å². The van der Waals surface area contributed by atoms with E-state index < -0.39 is 49.5 Å². The highest BCUT2D eigenvalue weighted by Crippen LogP contribution is 2.23. The quantitative estimate of drug-likeness (QED) is 0.0149. The van der Waals surface area contributed by atoms with Gasteiger partial charge in [0.2, 0.25) is 5.91 Å². The van der Waals surface area contributed by atoms with Crippen LogP contribution in [0.15, 0.2) is 48.6 Å². The van der Waals surface area contributed by atoms with Crippen molar-refractivity contribution in [1.82, 2.24) is 5.32 Å². The van der Waals surface area contributed by atoms with Crippen LogP contribution in [0.1, 0.15) is 264 Å². The molecule has 72 heavy (non-hydrogen) atoms. The second-order valence-electron chi connectivity index (χ2n) is 20.7. The van der Waals surface area contributed by atoms with Crippen LogP contribution in [0.3, 0.4) is 0 Å². The molecule has 0 spiro atoms. The molecule has 1 heterocycles. The first-order valence-electron chi connectivity index (χ1n) is 29.9. The van der Waals surface area contributed by atoms with Crippen LogP contribution in [0.25, 0.3) is 0 Å². The molecule has 0 saturated carbocycles. The second kappa shape index (κ2) is 50.8. The molecule has 1 amide bonds. The number of amides is 1. The van der Waals surface area contributed by atoms with Crippen molar-refractivity contribution in [2.45, 2.75) is 307 Å². The summed E-state index contributed by atoms with van der Waals surface area (Å²) in [5.74, 6) is -0.231. The molecule has 0 aromatic heterocycles. The van der Waals surface area contributed by atoms with E-state index in [0.29, 0.717) is 19.4 Å². The van der Waals surface area contributed by atoms with Crippen molar-refractivity contribution in [3.63, 3.8) is 0 Å². The smallest absolute Gasteiger partial charge is 0.305 e. The Hall–Kier alpha value is -2.38. The maximum atomic E-state index is 13.0. The Kier molecular flexibility index (Phi) is 47.7. The number of rotatable bonds is 51. The molecule has 420 valence electrons. The molecule has 0 aromatic rings. The number of carbonyl (C=O) groups excluding carboxylic acids is 2. The predicted octanol–water partition coefficient (Wildman–Crippen LogP) is 13.7. The van der Waals surface area contributed by atoms with Crippen molar-refractivity contribution in [3.8, 4) is 0 Å². The molecule has 0 aromatic carbocycles. The number of unbranched alkanes of at least 4 members (excludes halogenated alkanes) is 32. The van der Waals surface area contributed by atoms with Crippen molar-refractivity contribution in [2.75, 3.05) is 19.8 Å². The summed E-state index contributed by atoms with van der Waals surface area (Å²) >= 11 is 0. The van der Waals surface area contributed by atoms with Gasteiger partial charge in [0.15, 0.2) is 6.29 Å². The maximum Gasteiger partial charge on any atom is 0.305 e. The summed E-state index contributed by atoms with van der Waals surface area (Å²) in [6, 6.07) is -0.818. The van der Waals surface area contributed by atoms with Crippen LogP contribution in [0.2, 0.25) is 0 Å². The number of allylic oxidation sites excluding steroid dienone is 7. The fraction of sp³-hybridized carbons (Fsp3) is 0.836. The predicted molar refractivity (Wildman–Crippen MR) is 297 cm³/mol. The number of ether oxygens (including phenoxy) is 3. The lowest BCUT2D eigenvalue weighted by Gasteiger charge is -2.40. The Balaban J connectivity index is 2.14. The highest BCUT2D eigenvalue weighted by atomic mass is 16.7. The number of hydrogen-bond donors (Lipinski definition) is 6. The van der Waals surface area contributed by atoms with Crippen molar-refractivity contribution < 1.29 is 49.3 Å². The van der Waals surface area contributed by atoms with Crippen LogP contribution >= 0.6 is 0 Å². The van der Waals surface area contributed by atoms with E-state index in [1.807, 2.05) is 6.08 Å². The molecule has 0 radical (unpaired) electrons. The Labute approximate surface area is 440 Å². The molecule has 7 unspecified atom stereocenters. The number of aliphatic hydroxyl groups excluding tert-OH is 5. The molecular formula is C61H111NO10. The van der Waals surface area contributed by atoms with Gasteiger partial charge in [-0.1, -0.05) is 217 Å². The SMILES string of the molecule is CCCC/C=C\CCCCCCCC(=O)OCCCCC/C=C\C=C/CCCCCCCCCCCCC(=O)NC(COC1OC(CO)C(O)C(O)C1O)C(O)/C=C/CCCCCCCCCCCCCC. The fourth-order valence-corrected chi connectivity index (χ4v) is 9.11. The zero-order valence-corrected chi connectivity index (χ0v) is 46.1. The number of esters is 1. The molecule has 11 nitrogen and oxygen atoms in total. The van der Waals surface area contributed by atoms with Crippen LogP contribution in [0.4, 0.5) is 0 Å². The highest BCUT2D eigenvalue weighted by molar-refractivity contribution is 5.76. The zero-order chi connectivity index (χ0) is 52.4. The lowest BCUT2D eigenvalue weighted by Crippen LogP contribution is -2.60. The molecule has 6 N–H and O–H groups in total. The summed E-state index contributed by atoms with van der Waals surface area (Å²) in [5.41, 5.74) is 0. The van der Waals surface area contributed by atoms with Gasteiger partial charge < -0.3 is 45.1 Å². The van der Waals surface area contributed by atoms with Gasteiger partial charge in [0.1, 0.15) is 24.4 Å². The molecule has 1 aliphatic heterocycles. The summed E-state index contributed by atoms with van der Waals surface area (Å²) in [4.78, 5) is 25.0. The van der Waals surface area contributed by atoms with E-state index in [4.69, 9.17) is 14.2 Å². The molecule has 7 atom stereocenters. The summed E-state index contributed by atoms with van der Waals surface area (Å²) < 4.78 is 16.7. The summed E-state index contributed by atoms with van der Waals surface area (Å²) in [6.07, 6.45) is 53.3. The van der Waals surface area contributed by atoms with Gasteiger partial charge in [0.05, 0.1) is 32.0 Å². The third kappa shape index (κ3) is 40.0. The van der Waals surface area contributed by atoms with E-state index in [-0.39, 0.29) is 18.5 Å². The van der Waals surface area contributed by atoms with E-state index in [1.54, 1.807) is 6.08 Å². The first-order valence-corrected chi connectivity index (χ1v) is 29.9. The minimum Gasteiger partial charge on any atom is -0.466 e. The van der Waals surface area contributed by atoms with Gasteiger partial charge in [0.25, 0.3) is 0 Å². The first kappa shape index (κ1) is 67.6. The van der Waals surface area contributed by atoms with Crippen LogP contribution < -0.4 is 5.32 Å². The van der Waals surface area contributed by atoms with E-state index in [0.717, 1.165) is 89.9 Å². The molecule has 0 bridgehead atoms. The van der Waals surface area contributed by atoms with Gasteiger partial charge >= 0.3 is 5.97 Å². The Morgan fingerprint density at radius 3 is 1.46 bits per heavy atom. The average Bonchev–Trinajstić information content (AvgIpc) is 3.38. The van der Waals surface area contributed by atoms with Gasteiger partial charge in [-0.25, -0.2) is 0 Å². The molecule has 1 saturated heterocycles. The van der Waals surface area contributed by atoms with Crippen LogP contribution in [0.5, 0.6) is 0 Å². The summed E-state index contributed by atoms with van der Waals surface area (Å²) in [5, 5.41) is 54.4. The molecule has 0 aliphatic carbocycles. The third-order valence-corrected chi connectivity index (χ3v) is 13.9. The largest absolute Gasteiger partial charge is 0.466 e. The minimum atomic E-state index is -1.58. The van der Waals surface area contributed by atoms with Gasteiger partial charge in [-0.2, -0.15) is 0 Å². The molecule has 1 fully saturated rings. The molecule has 11 heteroatoms. The summed E-state index contributed by atoms with van der Waals surface area (Å²) in [7, 11) is 0. The van der Waals surface area contributed by atoms with Gasteiger partial charge in [-0.05, 0) is 83.5 Å². The van der Waals surface area contributed by atoms with Crippen molar-refractivity contribution in [2.24, 2.45) is 0 Å². The van der Waals surface area contributed by atoms with Crippen LogP contribution in [0, 0.1) is 0 Å². The monoisotopic (exact) mass is 1020 g/mol. The molecular weight excluding hydrogens is 907 g/mol. The average molecular weight is 1020 g/mol. The normalized spacial score (nSPS) is 19.3. The van der Waals surface area contributed by atoms with E-state index in [9.17, 15) is 35.1 Å². The van der Waals surface area contributed by atoms with Crippen molar-refractivity contribution >= 4 is 11.9 Å². The number of nitrogens with one attached hydrogen (secondary N) is 1. The Morgan fingerprint density at radius 2 is 0.944 bits per heavy atom. The lowest BCUT2D eigenvalue weighted by atomic mass is 9.99. The van der Waals surface area contributed by atoms with Crippen LogP contribution in [-0.2, 0) is 23.8 Å². The fourth-order valence-electron chi connectivity index (χ4n) is 9.11. The topological polar surface area (TPSA) is 175 Å². The zero-order valence-electron chi connectivity index (χ0n) is 46.1. The number of aliphatic hydroxyl groups is 5. The van der Waals surface area contributed by atoms with E-state index in [1.165, 1.54) is 148 Å². The molecule has 1 rings (SSSR count). The Bertz CT molecular complexity index is 1340. The lowest BCUT2D eigenvalue weighted by molar-refractivity contribution is -0.302. The first-order chi connectivity index (χ1) is 35.2. The van der Waals surface area contributed by atoms with Crippen molar-refractivity contribution in [1.29, 1.82) is 0 Å². The van der Waals surface area contributed by atoms with Gasteiger partial charge in [-0.15, -0.1) is 0 Å². The van der Waals surface area contributed by atoms with Crippen molar-refractivity contribution in [3.05, 3.63) is 48.6 Å². The van der Waals surface area contributed by atoms with Gasteiger partial charge in [-0.3, -0.25) is 9.59 Å². The number of carbonyl (C=O) groups is 2. The Morgan fingerprint density at radius 1 is 0.514 bits per heavy atom. The van der Waals surface area contributed by atoms with E-state index in [2.05, 4.69) is 55.6 Å². The standard InChI is InChI=1S/C61H111NO10/c1-3-5-7-9-11-13-15-16-24-28-31-35-39-43-47-54(64)53(52-71-61-60(69)59(68)58(67)55(51-63)72-61)62-56(65)48-44-40-36-32-29-25-22-20-18-17-19-21-23-26-30-34-38-42-46-50-70-57(66)49-45-41-37-33-27-14-12-10-8-6-4-2/h10,12,21,23,26,30,43,47,53-55,58-61,63-64,67-69H,3-9,11,13-20,22,24-25,27-29,31-42,44-46,48-52H2,1-2H3,(H,62,65)/b12-10-,23-21-,30-26-,47-43+. The highest BCUT2D eigenvalue weighted by Gasteiger charge is 2.44. The third-order valence-electron chi connectivity index (χ3n) is 13.9. The molecule has 1 aliphatic rings. The minimum absolute atomic E-state index is 0.0397. The summed E-state index contributed by atoms with van der Waals surface area (Å²) in [6.45, 7) is 4.26.